The van der Waals surface area contributed by atoms with Crippen molar-refractivity contribution in [3.8, 4) is 11.5 Å². The van der Waals surface area contributed by atoms with Crippen molar-refractivity contribution >= 4 is 23.3 Å². The third-order valence-corrected chi connectivity index (χ3v) is 3.74. The van der Waals surface area contributed by atoms with Crippen LogP contribution in [0.1, 0.15) is 12.5 Å². The van der Waals surface area contributed by atoms with Gasteiger partial charge < -0.3 is 24.4 Å². The molecule has 152 valence electrons. The zero-order chi connectivity index (χ0) is 20.8. The van der Waals surface area contributed by atoms with E-state index in [-0.39, 0.29) is 12.5 Å². The quantitative estimate of drug-likeness (QED) is 0.432. The number of hydrogen-bond donors (Lipinski definition) is 1. The number of hydrogen-bond acceptors (Lipinski definition) is 7. The third kappa shape index (κ3) is 5.41. The van der Waals surface area contributed by atoms with Crippen molar-refractivity contribution in [3.63, 3.8) is 0 Å². The van der Waals surface area contributed by atoms with Gasteiger partial charge in [-0.2, -0.15) is 0 Å². The summed E-state index contributed by atoms with van der Waals surface area (Å²) in [5, 5.41) is 5.97. The van der Waals surface area contributed by atoms with E-state index in [1.807, 2.05) is 0 Å². The van der Waals surface area contributed by atoms with Crippen LogP contribution in [0, 0.1) is 11.6 Å². The molecule has 1 aliphatic heterocycles. The molecule has 0 aromatic heterocycles. The minimum atomic E-state index is -0.943. The molecule has 8 nitrogen and oxygen atoms in total. The molecule has 0 atom stereocenters. The summed E-state index contributed by atoms with van der Waals surface area (Å²) in [4.78, 5) is 28.2. The summed E-state index contributed by atoms with van der Waals surface area (Å²) in [6.07, 6.45) is 0. The molecule has 0 saturated carbocycles. The number of halogens is 2. The molecule has 1 N–H and O–H groups in total. The molecule has 0 fully saturated rings. The molecule has 2 aromatic rings. The summed E-state index contributed by atoms with van der Waals surface area (Å²) >= 11 is 0. The minimum absolute atomic E-state index is 0.151. The zero-order valence-electron chi connectivity index (χ0n) is 15.2. The van der Waals surface area contributed by atoms with E-state index >= 15 is 0 Å². The topological polar surface area (TPSA) is 95.5 Å². The van der Waals surface area contributed by atoms with Gasteiger partial charge in [-0.1, -0.05) is 5.16 Å². The van der Waals surface area contributed by atoms with Gasteiger partial charge in [0.05, 0.1) is 11.4 Å². The second-order valence-electron chi connectivity index (χ2n) is 5.85. The third-order valence-electron chi connectivity index (χ3n) is 3.74. The second kappa shape index (κ2) is 9.00. The van der Waals surface area contributed by atoms with E-state index in [9.17, 15) is 18.4 Å². The molecule has 2 aromatic carbocycles. The molecule has 1 aliphatic rings. The molecule has 0 unspecified atom stereocenters. The van der Waals surface area contributed by atoms with Crippen LogP contribution in [0.25, 0.3) is 0 Å². The highest BCUT2D eigenvalue weighted by Crippen LogP contribution is 2.32. The molecule has 0 spiro atoms. The Hall–Kier alpha value is -3.69. The summed E-state index contributed by atoms with van der Waals surface area (Å²) in [5.74, 6) is -2.14. The highest BCUT2D eigenvalue weighted by molar-refractivity contribution is 5.99. The van der Waals surface area contributed by atoms with Gasteiger partial charge in [0.15, 0.2) is 18.1 Å². The molecule has 0 saturated heterocycles. The van der Waals surface area contributed by atoms with Crippen molar-refractivity contribution in [2.24, 2.45) is 5.16 Å². The smallest absolute Gasteiger partial charge is 0.347 e. The number of ether oxygens (including phenoxy) is 3. The van der Waals surface area contributed by atoms with Gasteiger partial charge in [-0.25, -0.2) is 13.6 Å². The van der Waals surface area contributed by atoms with E-state index in [2.05, 4.69) is 10.5 Å². The van der Waals surface area contributed by atoms with Gasteiger partial charge in [-0.05, 0) is 37.3 Å². The van der Waals surface area contributed by atoms with Gasteiger partial charge in [-0.15, -0.1) is 0 Å². The van der Waals surface area contributed by atoms with E-state index in [1.165, 1.54) is 0 Å². The summed E-state index contributed by atoms with van der Waals surface area (Å²) < 4.78 is 41.5. The number of rotatable bonds is 7. The van der Waals surface area contributed by atoms with Crippen LogP contribution >= 0.6 is 0 Å². The highest BCUT2D eigenvalue weighted by atomic mass is 19.1. The Morgan fingerprint density at radius 1 is 1.10 bits per heavy atom. The Labute approximate surface area is 164 Å². The Balaban J connectivity index is 1.42. The molecular formula is C19H16F2N2O6. The van der Waals surface area contributed by atoms with Crippen molar-refractivity contribution in [2.45, 2.75) is 6.92 Å². The maximum absolute atomic E-state index is 13.5. The Kier molecular flexibility index (Phi) is 6.22. The summed E-state index contributed by atoms with van der Waals surface area (Å²) in [5.41, 5.74) is 0.969. The van der Waals surface area contributed by atoms with Crippen molar-refractivity contribution in [1.29, 1.82) is 0 Å². The van der Waals surface area contributed by atoms with Crippen LogP contribution in [-0.4, -0.2) is 37.6 Å². The fourth-order valence-corrected chi connectivity index (χ4v) is 2.32. The Morgan fingerprint density at radius 3 is 2.69 bits per heavy atom. The molecule has 1 amide bonds. The SMILES string of the molecule is C/C(=N/OCC(=O)OCC(=O)Nc1ccc(F)cc1F)c1ccc2c(c1)OCO2. The number of esters is 1. The first kappa shape index (κ1) is 20.1. The first-order valence-corrected chi connectivity index (χ1v) is 8.39. The molecule has 3 rings (SSSR count). The minimum Gasteiger partial charge on any atom is -0.454 e. The first-order valence-electron chi connectivity index (χ1n) is 8.39. The average molecular weight is 406 g/mol. The number of nitrogens with one attached hydrogen (secondary N) is 1. The van der Waals surface area contributed by atoms with Crippen LogP contribution in [-0.2, 0) is 19.2 Å². The number of carbonyl (C=O) groups excluding carboxylic acids is 2. The predicted octanol–water partition coefficient (Wildman–Crippen LogP) is 2.62. The van der Waals surface area contributed by atoms with Gasteiger partial charge in [-0.3, -0.25) is 4.79 Å². The van der Waals surface area contributed by atoms with Gasteiger partial charge in [0, 0.05) is 11.6 Å². The maximum atomic E-state index is 13.5. The van der Waals surface area contributed by atoms with Crippen LogP contribution in [0.3, 0.4) is 0 Å². The Bertz CT molecular complexity index is 964. The normalized spacial score (nSPS) is 12.4. The van der Waals surface area contributed by atoms with Crippen molar-refractivity contribution in [1.82, 2.24) is 0 Å². The number of benzene rings is 2. The largest absolute Gasteiger partial charge is 0.454 e. The van der Waals surface area contributed by atoms with Crippen molar-refractivity contribution < 1.29 is 37.4 Å². The number of fused-ring (bicyclic) bond motifs is 1. The van der Waals surface area contributed by atoms with Gasteiger partial charge in [0.25, 0.3) is 5.91 Å². The lowest BCUT2D eigenvalue weighted by Gasteiger charge is -2.07. The fourth-order valence-electron chi connectivity index (χ4n) is 2.32. The summed E-state index contributed by atoms with van der Waals surface area (Å²) in [6, 6.07) is 7.87. The number of amides is 1. The number of oxime groups is 1. The zero-order valence-corrected chi connectivity index (χ0v) is 15.2. The van der Waals surface area contributed by atoms with E-state index in [0.717, 1.165) is 12.1 Å². The number of anilines is 1. The molecule has 10 heteroatoms. The molecule has 0 radical (unpaired) electrons. The van der Waals surface area contributed by atoms with Crippen LogP contribution < -0.4 is 14.8 Å². The second-order valence-corrected chi connectivity index (χ2v) is 5.85. The van der Waals surface area contributed by atoms with Crippen LogP contribution in [0.2, 0.25) is 0 Å². The fraction of sp³-hybridized carbons (Fsp3) is 0.211. The molecular weight excluding hydrogens is 390 g/mol. The average Bonchev–Trinajstić information content (AvgIpc) is 3.16. The number of nitrogens with zero attached hydrogens (tertiary/aromatic N) is 1. The first-order chi connectivity index (χ1) is 13.9. The number of carbonyl (C=O) groups is 2. The maximum Gasteiger partial charge on any atom is 0.347 e. The monoisotopic (exact) mass is 406 g/mol. The van der Waals surface area contributed by atoms with Crippen molar-refractivity contribution in [3.05, 3.63) is 53.6 Å². The highest BCUT2D eigenvalue weighted by Gasteiger charge is 2.15. The lowest BCUT2D eigenvalue weighted by atomic mass is 10.1. The molecule has 1 heterocycles. The molecule has 0 bridgehead atoms. The predicted molar refractivity (Wildman–Crippen MR) is 96.7 cm³/mol. The van der Waals surface area contributed by atoms with Gasteiger partial charge in [0.1, 0.15) is 11.6 Å². The molecule has 29 heavy (non-hydrogen) atoms. The Morgan fingerprint density at radius 2 is 1.90 bits per heavy atom. The van der Waals surface area contributed by atoms with Gasteiger partial charge >= 0.3 is 5.97 Å². The van der Waals surface area contributed by atoms with Crippen LogP contribution in [0.4, 0.5) is 14.5 Å². The van der Waals surface area contributed by atoms with Gasteiger partial charge in [0.2, 0.25) is 13.4 Å². The molecule has 0 aliphatic carbocycles. The lowest BCUT2D eigenvalue weighted by molar-refractivity contribution is -0.151. The van der Waals surface area contributed by atoms with Crippen molar-refractivity contribution in [2.75, 3.05) is 25.3 Å². The van der Waals surface area contributed by atoms with E-state index in [1.54, 1.807) is 25.1 Å². The summed E-state index contributed by atoms with van der Waals surface area (Å²) in [7, 11) is 0. The van der Waals surface area contributed by atoms with E-state index < -0.39 is 36.7 Å². The summed E-state index contributed by atoms with van der Waals surface area (Å²) in [6.45, 7) is 0.635. The van der Waals surface area contributed by atoms with E-state index in [0.29, 0.717) is 28.8 Å². The standard InChI is InChI=1S/C19H16F2N2O6/c1-11(12-2-5-16-17(6-12)28-10-27-16)23-29-9-19(25)26-8-18(24)22-15-4-3-13(20)7-14(15)21/h2-7H,8-10H2,1H3,(H,22,24)/b23-11-. The van der Waals surface area contributed by atoms with Crippen LogP contribution in [0.5, 0.6) is 11.5 Å². The van der Waals surface area contributed by atoms with Crippen LogP contribution in [0.15, 0.2) is 41.6 Å². The lowest BCUT2D eigenvalue weighted by Crippen LogP contribution is -2.23. The van der Waals surface area contributed by atoms with E-state index in [4.69, 9.17) is 19.0 Å².